The van der Waals surface area contributed by atoms with Gasteiger partial charge in [-0.3, -0.25) is 0 Å². The third-order valence-electron chi connectivity index (χ3n) is 1.23. The highest BCUT2D eigenvalue weighted by molar-refractivity contribution is 5.37. The molecule has 0 bridgehead atoms. The Morgan fingerprint density at radius 3 is 2.21 bits per heavy atom. The van der Waals surface area contributed by atoms with Crippen LogP contribution in [0.3, 0.4) is 0 Å². The van der Waals surface area contributed by atoms with Gasteiger partial charge in [-0.05, 0) is 18.6 Å². The Morgan fingerprint density at radius 1 is 1.50 bits per heavy atom. The van der Waals surface area contributed by atoms with E-state index in [1.54, 1.807) is 19.1 Å². The normalized spacial score (nSPS) is 11.1. The first kappa shape index (κ1) is 15.2. The highest BCUT2D eigenvalue weighted by Gasteiger charge is 1.90. The average molecular weight is 193 g/mol. The number of allylic oxidation sites excluding steroid dienone is 3. The molecule has 0 saturated carbocycles. The summed E-state index contributed by atoms with van der Waals surface area (Å²) in [5.74, 6) is 0. The van der Waals surface area contributed by atoms with Crippen molar-refractivity contribution in [1.29, 1.82) is 5.26 Å². The molecular weight excluding hydrogens is 174 g/mol. The smallest absolute Gasteiger partial charge is 0.0988 e. The van der Waals surface area contributed by atoms with Crippen LogP contribution >= 0.6 is 0 Å². The van der Waals surface area contributed by atoms with Gasteiger partial charge in [0, 0.05) is 5.57 Å². The van der Waals surface area contributed by atoms with Gasteiger partial charge in [0.05, 0.1) is 12.7 Å². The van der Waals surface area contributed by atoms with Crippen molar-refractivity contribution < 1.29 is 5.11 Å². The third-order valence-corrected chi connectivity index (χ3v) is 1.23. The van der Waals surface area contributed by atoms with E-state index in [1.807, 2.05) is 6.07 Å². The topological polar surface area (TPSA) is 44.0 Å². The van der Waals surface area contributed by atoms with Gasteiger partial charge in [0.25, 0.3) is 0 Å². The van der Waals surface area contributed by atoms with Crippen LogP contribution in [0.2, 0.25) is 0 Å². The molecule has 1 N–H and O–H groups in total. The van der Waals surface area contributed by atoms with Gasteiger partial charge in [0.1, 0.15) is 0 Å². The zero-order valence-electron chi connectivity index (χ0n) is 9.25. The fourth-order valence-corrected chi connectivity index (χ4v) is 0.549. The van der Waals surface area contributed by atoms with E-state index < -0.39 is 0 Å². The number of aliphatic hydroxyl groups is 1. The largest absolute Gasteiger partial charge is 0.392 e. The third kappa shape index (κ3) is 8.76. The summed E-state index contributed by atoms with van der Waals surface area (Å²) in [5.41, 5.74) is 1.19. The Hall–Kier alpha value is -1.33. The van der Waals surface area contributed by atoms with E-state index in [4.69, 9.17) is 10.4 Å². The second-order valence-electron chi connectivity index (χ2n) is 2.64. The lowest BCUT2D eigenvalue weighted by atomic mass is 10.2. The standard InChI is InChI=1S/C9H11NO.C3H8/c1-3-8(6-10)5-9(4-2)7-11;1-3-2/h3-5,11H,2,7H2,1H3;3H2,1-2H3/b8-3+,9-5+;. The molecule has 0 aliphatic carbocycles. The molecule has 0 heterocycles. The van der Waals surface area contributed by atoms with Gasteiger partial charge in [-0.25, -0.2) is 0 Å². The molecule has 0 saturated heterocycles. The van der Waals surface area contributed by atoms with Crippen molar-refractivity contribution in [1.82, 2.24) is 0 Å². The maximum Gasteiger partial charge on any atom is 0.0988 e. The zero-order chi connectivity index (χ0) is 11.4. The quantitative estimate of drug-likeness (QED) is 0.553. The van der Waals surface area contributed by atoms with Crippen LogP contribution in [-0.4, -0.2) is 11.7 Å². The molecule has 0 aliphatic rings. The molecule has 78 valence electrons. The summed E-state index contributed by atoms with van der Waals surface area (Å²) >= 11 is 0. The summed E-state index contributed by atoms with van der Waals surface area (Å²) in [6.07, 6.45) is 6.06. The van der Waals surface area contributed by atoms with Gasteiger partial charge >= 0.3 is 0 Å². The van der Waals surface area contributed by atoms with Crippen LogP contribution in [0, 0.1) is 11.3 Å². The van der Waals surface area contributed by atoms with E-state index in [1.165, 1.54) is 12.5 Å². The van der Waals surface area contributed by atoms with Crippen molar-refractivity contribution in [3.63, 3.8) is 0 Å². The minimum Gasteiger partial charge on any atom is -0.392 e. The molecule has 0 unspecified atom stereocenters. The molecule has 0 aromatic rings. The summed E-state index contributed by atoms with van der Waals surface area (Å²) < 4.78 is 0. The van der Waals surface area contributed by atoms with E-state index in [0.717, 1.165) is 0 Å². The Balaban J connectivity index is 0. The van der Waals surface area contributed by atoms with Crippen LogP contribution in [-0.2, 0) is 0 Å². The Kier molecular flexibility index (Phi) is 12.6. The molecule has 0 aromatic carbocycles. The van der Waals surface area contributed by atoms with Crippen molar-refractivity contribution in [2.75, 3.05) is 6.61 Å². The molecule has 0 aliphatic heterocycles. The molecule has 0 rings (SSSR count). The maximum atomic E-state index is 8.69. The summed E-state index contributed by atoms with van der Waals surface area (Å²) in [6, 6.07) is 1.98. The van der Waals surface area contributed by atoms with Gasteiger partial charge in [0.15, 0.2) is 0 Å². The van der Waals surface area contributed by atoms with Crippen molar-refractivity contribution >= 4 is 0 Å². The predicted octanol–water partition coefficient (Wildman–Crippen LogP) is 2.98. The van der Waals surface area contributed by atoms with Gasteiger partial charge < -0.3 is 5.11 Å². The van der Waals surface area contributed by atoms with Crippen LogP contribution in [0.25, 0.3) is 0 Å². The molecule has 0 radical (unpaired) electrons. The number of hydrogen-bond acceptors (Lipinski definition) is 2. The van der Waals surface area contributed by atoms with Gasteiger partial charge in [-0.1, -0.05) is 39.0 Å². The molecule has 2 heteroatoms. The molecule has 0 fully saturated rings. The summed E-state index contributed by atoms with van der Waals surface area (Å²) in [6.45, 7) is 9.43. The van der Waals surface area contributed by atoms with Crippen LogP contribution in [0.4, 0.5) is 0 Å². The van der Waals surface area contributed by atoms with Gasteiger partial charge in [0.2, 0.25) is 0 Å². The number of hydrogen-bond donors (Lipinski definition) is 1. The predicted molar refractivity (Wildman–Crippen MR) is 60.7 cm³/mol. The average Bonchev–Trinajstić information content (AvgIpc) is 2.21. The number of aliphatic hydroxyl groups excluding tert-OH is 1. The number of rotatable bonds is 3. The zero-order valence-corrected chi connectivity index (χ0v) is 9.25. The van der Waals surface area contributed by atoms with Gasteiger partial charge in [-0.2, -0.15) is 5.26 Å². The molecule has 2 nitrogen and oxygen atoms in total. The van der Waals surface area contributed by atoms with E-state index >= 15 is 0 Å². The van der Waals surface area contributed by atoms with Crippen LogP contribution < -0.4 is 0 Å². The number of nitrogens with zero attached hydrogens (tertiary/aromatic N) is 1. The van der Waals surface area contributed by atoms with Crippen molar-refractivity contribution in [3.05, 3.63) is 36.0 Å². The fourth-order valence-electron chi connectivity index (χ4n) is 0.549. The minimum atomic E-state index is -0.0808. The minimum absolute atomic E-state index is 0.0808. The Bertz CT molecular complexity index is 244. The Labute approximate surface area is 86.9 Å². The highest BCUT2D eigenvalue weighted by atomic mass is 16.3. The first-order valence-electron chi connectivity index (χ1n) is 4.70. The van der Waals surface area contributed by atoms with E-state index in [2.05, 4.69) is 20.4 Å². The number of nitriles is 1. The van der Waals surface area contributed by atoms with Crippen molar-refractivity contribution in [3.8, 4) is 6.07 Å². The molecular formula is C12H19NO. The van der Waals surface area contributed by atoms with Gasteiger partial charge in [-0.15, -0.1) is 0 Å². The maximum absolute atomic E-state index is 8.69. The van der Waals surface area contributed by atoms with E-state index in [9.17, 15) is 0 Å². The first-order chi connectivity index (χ1) is 6.69. The van der Waals surface area contributed by atoms with Crippen molar-refractivity contribution in [2.45, 2.75) is 27.2 Å². The summed E-state index contributed by atoms with van der Waals surface area (Å²) in [4.78, 5) is 0. The van der Waals surface area contributed by atoms with Crippen LogP contribution in [0.1, 0.15) is 27.2 Å². The lowest BCUT2D eigenvalue weighted by Gasteiger charge is -1.93. The molecule has 0 aromatic heterocycles. The first-order valence-corrected chi connectivity index (χ1v) is 4.70. The molecule has 0 spiro atoms. The van der Waals surface area contributed by atoms with E-state index in [-0.39, 0.29) is 6.61 Å². The Morgan fingerprint density at radius 2 is 2.00 bits per heavy atom. The lowest BCUT2D eigenvalue weighted by Crippen LogP contribution is -1.86. The highest BCUT2D eigenvalue weighted by Crippen LogP contribution is 2.01. The summed E-state index contributed by atoms with van der Waals surface area (Å²) in [5, 5.41) is 17.2. The summed E-state index contributed by atoms with van der Waals surface area (Å²) in [7, 11) is 0. The fraction of sp³-hybridized carbons (Fsp3) is 0.417. The molecule has 0 atom stereocenters. The monoisotopic (exact) mass is 193 g/mol. The van der Waals surface area contributed by atoms with Crippen molar-refractivity contribution in [2.24, 2.45) is 0 Å². The van der Waals surface area contributed by atoms with E-state index in [0.29, 0.717) is 11.1 Å². The molecule has 14 heavy (non-hydrogen) atoms. The molecule has 0 amide bonds. The van der Waals surface area contributed by atoms with Crippen LogP contribution in [0.5, 0.6) is 0 Å². The SMILES string of the molecule is C=C/C(=C\C(C#N)=C/C)CO.CCC. The second kappa shape index (κ2) is 11.7. The van der Waals surface area contributed by atoms with Crippen LogP contribution in [0.15, 0.2) is 36.0 Å². The lowest BCUT2D eigenvalue weighted by molar-refractivity contribution is 0.335. The second-order valence-corrected chi connectivity index (χ2v) is 2.64.